The predicted octanol–water partition coefficient (Wildman–Crippen LogP) is 3.29. The quantitative estimate of drug-likeness (QED) is 0.703. The number of ether oxygens (including phenoxy) is 1. The highest BCUT2D eigenvalue weighted by molar-refractivity contribution is 4.97. The molecule has 3 unspecified atom stereocenters. The van der Waals surface area contributed by atoms with E-state index in [9.17, 15) is 0 Å². The maximum absolute atomic E-state index is 5.54. The zero-order chi connectivity index (χ0) is 15.0. The fourth-order valence-electron chi connectivity index (χ4n) is 3.58. The van der Waals surface area contributed by atoms with Crippen molar-refractivity contribution < 1.29 is 4.74 Å². The molecule has 1 fully saturated rings. The number of nitrogens with zero attached hydrogens (tertiary/aromatic N) is 1. The monoisotopic (exact) mass is 284 g/mol. The van der Waals surface area contributed by atoms with Crippen molar-refractivity contribution in [3.05, 3.63) is 0 Å². The van der Waals surface area contributed by atoms with Crippen LogP contribution in [0.1, 0.15) is 60.3 Å². The zero-order valence-electron chi connectivity index (χ0n) is 14.4. The minimum absolute atomic E-state index is 0.252. The van der Waals surface area contributed by atoms with Crippen LogP contribution in [0.5, 0.6) is 0 Å². The second-order valence-corrected chi connectivity index (χ2v) is 6.55. The summed E-state index contributed by atoms with van der Waals surface area (Å²) < 4.78 is 5.54. The Bertz CT molecular complexity index is 253. The van der Waals surface area contributed by atoms with Crippen LogP contribution in [-0.2, 0) is 4.74 Å². The first-order valence-corrected chi connectivity index (χ1v) is 8.64. The van der Waals surface area contributed by atoms with Gasteiger partial charge in [-0.3, -0.25) is 4.90 Å². The first-order chi connectivity index (χ1) is 9.58. The Morgan fingerprint density at radius 1 is 1.20 bits per heavy atom. The largest absolute Gasteiger partial charge is 0.379 e. The molecule has 0 aromatic carbocycles. The topological polar surface area (TPSA) is 24.5 Å². The smallest absolute Gasteiger partial charge is 0.0594 e. The number of likely N-dealkylation sites (N-methyl/N-ethyl adjacent to an activating group) is 1. The Morgan fingerprint density at radius 3 is 2.35 bits per heavy atom. The molecule has 3 nitrogen and oxygen atoms in total. The first-order valence-electron chi connectivity index (χ1n) is 8.64. The van der Waals surface area contributed by atoms with Crippen LogP contribution in [0.3, 0.4) is 0 Å². The lowest BCUT2D eigenvalue weighted by molar-refractivity contribution is -0.0351. The van der Waals surface area contributed by atoms with Crippen LogP contribution in [0, 0.1) is 5.92 Å². The van der Waals surface area contributed by atoms with E-state index in [1.54, 1.807) is 0 Å². The minimum atomic E-state index is 0.252. The Kier molecular flexibility index (Phi) is 8.08. The SMILES string of the molecule is CCCC(C)CC(NCC)C(C)(CC)N1CCOCC1. The third-order valence-electron chi connectivity index (χ3n) is 5.07. The third kappa shape index (κ3) is 4.71. The van der Waals surface area contributed by atoms with E-state index in [-0.39, 0.29) is 5.54 Å². The van der Waals surface area contributed by atoms with Crippen molar-refractivity contribution >= 4 is 0 Å². The Balaban J connectivity index is 2.76. The van der Waals surface area contributed by atoms with E-state index in [1.165, 1.54) is 25.7 Å². The molecule has 1 aliphatic rings. The molecule has 0 aliphatic carbocycles. The Hall–Kier alpha value is -0.120. The van der Waals surface area contributed by atoms with E-state index in [0.29, 0.717) is 6.04 Å². The summed E-state index contributed by atoms with van der Waals surface area (Å²) in [6, 6.07) is 0.581. The molecule has 0 aromatic rings. The molecule has 0 amide bonds. The normalized spacial score (nSPS) is 23.2. The summed E-state index contributed by atoms with van der Waals surface area (Å²) in [6.07, 6.45) is 5.11. The molecule has 1 rings (SSSR count). The molecule has 0 aromatic heterocycles. The van der Waals surface area contributed by atoms with Gasteiger partial charge >= 0.3 is 0 Å². The fourth-order valence-corrected chi connectivity index (χ4v) is 3.58. The summed E-state index contributed by atoms with van der Waals surface area (Å²) in [4.78, 5) is 2.66. The van der Waals surface area contributed by atoms with Crippen molar-refractivity contribution in [2.45, 2.75) is 71.9 Å². The molecular formula is C17H36N2O. The maximum atomic E-state index is 5.54. The van der Waals surface area contributed by atoms with E-state index in [2.05, 4.69) is 44.8 Å². The van der Waals surface area contributed by atoms with Crippen LogP contribution in [-0.4, -0.2) is 49.3 Å². The minimum Gasteiger partial charge on any atom is -0.379 e. The molecule has 120 valence electrons. The third-order valence-corrected chi connectivity index (χ3v) is 5.07. The molecule has 0 spiro atoms. The van der Waals surface area contributed by atoms with Gasteiger partial charge in [0.15, 0.2) is 0 Å². The molecule has 0 saturated carbocycles. The predicted molar refractivity (Wildman–Crippen MR) is 87.2 cm³/mol. The van der Waals surface area contributed by atoms with Gasteiger partial charge in [0.2, 0.25) is 0 Å². The van der Waals surface area contributed by atoms with Crippen LogP contribution >= 0.6 is 0 Å². The highest BCUT2D eigenvalue weighted by Crippen LogP contribution is 2.29. The number of hydrogen-bond acceptors (Lipinski definition) is 3. The van der Waals surface area contributed by atoms with Gasteiger partial charge in [-0.15, -0.1) is 0 Å². The number of morpholine rings is 1. The second kappa shape index (κ2) is 9.01. The molecule has 3 atom stereocenters. The molecule has 20 heavy (non-hydrogen) atoms. The van der Waals surface area contributed by atoms with Gasteiger partial charge in [0.05, 0.1) is 13.2 Å². The molecule has 3 heteroatoms. The highest BCUT2D eigenvalue weighted by Gasteiger charge is 2.38. The van der Waals surface area contributed by atoms with Gasteiger partial charge in [-0.25, -0.2) is 0 Å². The van der Waals surface area contributed by atoms with Gasteiger partial charge in [-0.05, 0) is 32.2 Å². The first kappa shape index (κ1) is 17.9. The molecule has 0 radical (unpaired) electrons. The number of rotatable bonds is 9. The standard InChI is InChI=1S/C17H36N2O/c1-6-9-15(4)14-16(18-8-3)17(5,7-2)19-10-12-20-13-11-19/h15-16,18H,6-14H2,1-5H3. The van der Waals surface area contributed by atoms with Crippen molar-refractivity contribution in [1.29, 1.82) is 0 Å². The van der Waals surface area contributed by atoms with Crippen molar-refractivity contribution in [3.63, 3.8) is 0 Å². The molecule has 1 heterocycles. The summed E-state index contributed by atoms with van der Waals surface area (Å²) >= 11 is 0. The summed E-state index contributed by atoms with van der Waals surface area (Å²) in [7, 11) is 0. The Labute approximate surface area is 126 Å². The van der Waals surface area contributed by atoms with Crippen LogP contribution in [0.15, 0.2) is 0 Å². The molecule has 1 aliphatic heterocycles. The van der Waals surface area contributed by atoms with Crippen molar-refractivity contribution in [1.82, 2.24) is 10.2 Å². The number of nitrogens with one attached hydrogen (secondary N) is 1. The summed E-state index contributed by atoms with van der Waals surface area (Å²) in [6.45, 7) is 16.7. The van der Waals surface area contributed by atoms with Gasteiger partial charge in [-0.2, -0.15) is 0 Å². The van der Waals surface area contributed by atoms with Crippen molar-refractivity contribution in [2.24, 2.45) is 5.92 Å². The maximum Gasteiger partial charge on any atom is 0.0594 e. The van der Waals surface area contributed by atoms with Gasteiger partial charge in [0, 0.05) is 24.7 Å². The molecule has 0 bridgehead atoms. The Morgan fingerprint density at radius 2 is 1.85 bits per heavy atom. The van der Waals surface area contributed by atoms with Crippen LogP contribution in [0.4, 0.5) is 0 Å². The summed E-state index contributed by atoms with van der Waals surface area (Å²) in [5.41, 5.74) is 0.252. The molecule has 1 N–H and O–H groups in total. The van der Waals surface area contributed by atoms with E-state index >= 15 is 0 Å². The fraction of sp³-hybridized carbons (Fsp3) is 1.00. The lowest BCUT2D eigenvalue weighted by Gasteiger charge is -2.48. The summed E-state index contributed by atoms with van der Waals surface area (Å²) in [5.74, 6) is 0.802. The van der Waals surface area contributed by atoms with Crippen LogP contribution in [0.2, 0.25) is 0 Å². The van der Waals surface area contributed by atoms with Gasteiger partial charge in [-0.1, -0.05) is 40.5 Å². The number of hydrogen-bond donors (Lipinski definition) is 1. The van der Waals surface area contributed by atoms with Gasteiger partial charge in [0.25, 0.3) is 0 Å². The summed E-state index contributed by atoms with van der Waals surface area (Å²) in [5, 5.41) is 3.78. The highest BCUT2D eigenvalue weighted by atomic mass is 16.5. The van der Waals surface area contributed by atoms with E-state index < -0.39 is 0 Å². The average Bonchev–Trinajstić information content (AvgIpc) is 2.47. The zero-order valence-corrected chi connectivity index (χ0v) is 14.4. The molecule has 1 saturated heterocycles. The lowest BCUT2D eigenvalue weighted by Crippen LogP contribution is -2.62. The van der Waals surface area contributed by atoms with Crippen molar-refractivity contribution in [2.75, 3.05) is 32.8 Å². The lowest BCUT2D eigenvalue weighted by atomic mass is 9.81. The average molecular weight is 284 g/mol. The van der Waals surface area contributed by atoms with Crippen LogP contribution < -0.4 is 5.32 Å². The van der Waals surface area contributed by atoms with E-state index in [0.717, 1.165) is 38.8 Å². The van der Waals surface area contributed by atoms with Crippen molar-refractivity contribution in [3.8, 4) is 0 Å². The van der Waals surface area contributed by atoms with Crippen LogP contribution in [0.25, 0.3) is 0 Å². The van der Waals surface area contributed by atoms with E-state index in [4.69, 9.17) is 4.74 Å². The van der Waals surface area contributed by atoms with Gasteiger partial charge in [0.1, 0.15) is 0 Å². The van der Waals surface area contributed by atoms with Gasteiger partial charge < -0.3 is 10.1 Å². The second-order valence-electron chi connectivity index (χ2n) is 6.55. The molecular weight excluding hydrogens is 248 g/mol. The van der Waals surface area contributed by atoms with E-state index in [1.807, 2.05) is 0 Å².